The second-order valence-corrected chi connectivity index (χ2v) is 8.29. The zero-order chi connectivity index (χ0) is 19.5. The molecule has 0 fully saturated rings. The van der Waals surface area contributed by atoms with E-state index >= 15 is 0 Å². The van der Waals surface area contributed by atoms with Crippen molar-refractivity contribution >= 4 is 17.3 Å². The molecule has 0 unspecified atom stereocenters. The van der Waals surface area contributed by atoms with Crippen LogP contribution in [-0.4, -0.2) is 17.3 Å². The fourth-order valence-electron chi connectivity index (χ4n) is 2.93. The molecule has 0 spiro atoms. The number of allylic oxidation sites excluding steroid dienone is 2. The molecule has 3 heteroatoms. The second kappa shape index (κ2) is 11.2. The first-order chi connectivity index (χ1) is 11.6. The van der Waals surface area contributed by atoms with Gasteiger partial charge in [-0.05, 0) is 48.7 Å². The van der Waals surface area contributed by atoms with E-state index in [-0.39, 0.29) is 28.2 Å². The second-order valence-electron chi connectivity index (χ2n) is 8.29. The molecule has 0 aliphatic carbocycles. The van der Waals surface area contributed by atoms with Crippen LogP contribution in [0.2, 0.25) is 0 Å². The molecule has 25 heavy (non-hydrogen) atoms. The van der Waals surface area contributed by atoms with Crippen molar-refractivity contribution in [3.8, 4) is 0 Å². The highest BCUT2D eigenvalue weighted by molar-refractivity contribution is 5.89. The van der Waals surface area contributed by atoms with E-state index in [1.165, 1.54) is 12.2 Å². The van der Waals surface area contributed by atoms with Crippen molar-refractivity contribution in [3.63, 3.8) is 0 Å². The van der Waals surface area contributed by atoms with Gasteiger partial charge in [0.15, 0.2) is 11.6 Å². The quantitative estimate of drug-likeness (QED) is 0.382. The van der Waals surface area contributed by atoms with Crippen LogP contribution in [0.3, 0.4) is 0 Å². The van der Waals surface area contributed by atoms with E-state index < -0.39 is 0 Å². The maximum Gasteiger partial charge on any atom is 0.155 e. The van der Waals surface area contributed by atoms with Gasteiger partial charge in [0.05, 0.1) is 0 Å². The molecule has 0 amide bonds. The smallest absolute Gasteiger partial charge is 0.155 e. The molecule has 0 aliphatic rings. The summed E-state index contributed by atoms with van der Waals surface area (Å²) in [5.74, 6) is 0.316. The minimum Gasteiger partial charge on any atom is -0.300 e. The lowest BCUT2D eigenvalue weighted by molar-refractivity contribution is -0.120. The lowest BCUT2D eigenvalue weighted by Crippen LogP contribution is -2.24. The molecule has 0 N–H and O–H groups in total. The van der Waals surface area contributed by atoms with Crippen LogP contribution in [0, 0.1) is 10.8 Å². The Morgan fingerprint density at radius 1 is 0.760 bits per heavy atom. The average molecular weight is 349 g/mol. The number of rotatable bonds is 14. The molecule has 0 atom stereocenters. The van der Waals surface area contributed by atoms with Gasteiger partial charge in [-0.3, -0.25) is 14.4 Å². The Morgan fingerprint density at radius 3 is 1.52 bits per heavy atom. The van der Waals surface area contributed by atoms with Gasteiger partial charge in [-0.25, -0.2) is 0 Å². The molecule has 0 aliphatic heterocycles. The lowest BCUT2D eigenvalue weighted by Gasteiger charge is -2.33. The average Bonchev–Trinajstić information content (AvgIpc) is 2.58. The number of carbonyl (C=O) groups excluding carboxylic acids is 3. The zero-order valence-electron chi connectivity index (χ0n) is 16.7. The Bertz CT molecular complexity index is 456. The maximum absolute atomic E-state index is 12.3. The molecular weight excluding hydrogens is 312 g/mol. The first-order valence-electron chi connectivity index (χ1n) is 9.40. The van der Waals surface area contributed by atoms with Gasteiger partial charge in [0.25, 0.3) is 0 Å². The summed E-state index contributed by atoms with van der Waals surface area (Å²) in [6, 6.07) is 0. The molecule has 0 bridgehead atoms. The van der Waals surface area contributed by atoms with E-state index in [0.717, 1.165) is 19.3 Å². The van der Waals surface area contributed by atoms with Crippen LogP contribution >= 0.6 is 0 Å². The highest BCUT2D eigenvalue weighted by Crippen LogP contribution is 2.39. The van der Waals surface area contributed by atoms with E-state index in [9.17, 15) is 14.4 Å². The number of carbonyl (C=O) groups is 3. The van der Waals surface area contributed by atoms with Gasteiger partial charge in [0.2, 0.25) is 0 Å². The van der Waals surface area contributed by atoms with Crippen LogP contribution in [0.25, 0.3) is 0 Å². The summed E-state index contributed by atoms with van der Waals surface area (Å²) < 4.78 is 0. The molecule has 0 heterocycles. The summed E-state index contributed by atoms with van der Waals surface area (Å²) in [6.07, 6.45) is 8.55. The SMILES string of the molecule is C=CC(=O)CCC(CC)(CCC(=O)C=C)CCC(=O)CCC(C)(C)C. The molecule has 0 rings (SSSR count). The Morgan fingerprint density at radius 2 is 1.16 bits per heavy atom. The molecule has 142 valence electrons. The first-order valence-corrected chi connectivity index (χ1v) is 9.40. The first kappa shape index (κ1) is 23.5. The van der Waals surface area contributed by atoms with Gasteiger partial charge >= 0.3 is 0 Å². The fraction of sp³-hybridized carbons (Fsp3) is 0.682. The van der Waals surface area contributed by atoms with Crippen LogP contribution in [0.1, 0.15) is 85.5 Å². The highest BCUT2D eigenvalue weighted by Gasteiger charge is 2.29. The van der Waals surface area contributed by atoms with Crippen molar-refractivity contribution in [2.75, 3.05) is 0 Å². The van der Waals surface area contributed by atoms with Crippen LogP contribution in [0.5, 0.6) is 0 Å². The Balaban J connectivity index is 4.86. The van der Waals surface area contributed by atoms with E-state index in [1.807, 2.05) is 0 Å². The molecule has 3 nitrogen and oxygen atoms in total. The summed E-state index contributed by atoms with van der Waals surface area (Å²) in [7, 11) is 0. The van der Waals surface area contributed by atoms with Crippen molar-refractivity contribution in [1.29, 1.82) is 0 Å². The van der Waals surface area contributed by atoms with Crippen LogP contribution in [0.4, 0.5) is 0 Å². The van der Waals surface area contributed by atoms with Gasteiger partial charge in [-0.2, -0.15) is 0 Å². The number of ketones is 3. The Labute approximate surface area is 154 Å². The van der Waals surface area contributed by atoms with E-state index in [2.05, 4.69) is 40.9 Å². The summed E-state index contributed by atoms with van der Waals surface area (Å²) in [6.45, 7) is 15.5. The van der Waals surface area contributed by atoms with Crippen LogP contribution < -0.4 is 0 Å². The minimum absolute atomic E-state index is 0.0203. The normalized spacial score (nSPS) is 11.8. The number of hydrogen-bond donors (Lipinski definition) is 0. The number of hydrogen-bond acceptors (Lipinski definition) is 3. The topological polar surface area (TPSA) is 51.2 Å². The molecule has 0 saturated heterocycles. The Kier molecular flexibility index (Phi) is 10.5. The maximum atomic E-state index is 12.3. The largest absolute Gasteiger partial charge is 0.300 e. The monoisotopic (exact) mass is 348 g/mol. The summed E-state index contributed by atoms with van der Waals surface area (Å²) in [4.78, 5) is 35.6. The van der Waals surface area contributed by atoms with Crippen molar-refractivity contribution in [1.82, 2.24) is 0 Å². The predicted octanol–water partition coefficient (Wildman–Crippen LogP) is 5.63. The summed E-state index contributed by atoms with van der Waals surface area (Å²) in [5, 5.41) is 0. The van der Waals surface area contributed by atoms with Gasteiger partial charge in [0.1, 0.15) is 5.78 Å². The third-order valence-corrected chi connectivity index (χ3v) is 5.10. The number of Topliss-reactive ketones (excluding diaryl/α,β-unsaturated/α-hetero) is 1. The van der Waals surface area contributed by atoms with Crippen molar-refractivity contribution in [2.45, 2.75) is 85.5 Å². The highest BCUT2D eigenvalue weighted by atomic mass is 16.1. The summed E-state index contributed by atoms with van der Waals surface area (Å²) >= 11 is 0. The van der Waals surface area contributed by atoms with Crippen molar-refractivity contribution in [2.24, 2.45) is 10.8 Å². The van der Waals surface area contributed by atoms with Crippen molar-refractivity contribution in [3.05, 3.63) is 25.3 Å². The minimum atomic E-state index is -0.144. The zero-order valence-corrected chi connectivity index (χ0v) is 16.7. The van der Waals surface area contributed by atoms with E-state index in [4.69, 9.17) is 0 Å². The fourth-order valence-corrected chi connectivity index (χ4v) is 2.93. The van der Waals surface area contributed by atoms with Crippen LogP contribution in [-0.2, 0) is 14.4 Å². The lowest BCUT2D eigenvalue weighted by atomic mass is 9.72. The summed E-state index contributed by atoms with van der Waals surface area (Å²) in [5.41, 5.74) is 0.0129. The standard InChI is InChI=1S/C22H36O3/c1-7-18(23)11-15-22(9-3,16-12-19(24)8-2)17-13-20(25)10-14-21(4,5)6/h7-8H,1-2,9-17H2,3-6H3. The van der Waals surface area contributed by atoms with Crippen molar-refractivity contribution < 1.29 is 14.4 Å². The van der Waals surface area contributed by atoms with Gasteiger partial charge in [0, 0.05) is 25.7 Å². The predicted molar refractivity (Wildman–Crippen MR) is 105 cm³/mol. The van der Waals surface area contributed by atoms with Crippen LogP contribution in [0.15, 0.2) is 25.3 Å². The van der Waals surface area contributed by atoms with E-state index in [0.29, 0.717) is 38.5 Å². The molecule has 0 aromatic rings. The molecular formula is C22H36O3. The van der Waals surface area contributed by atoms with Gasteiger partial charge < -0.3 is 0 Å². The Hall–Kier alpha value is -1.51. The van der Waals surface area contributed by atoms with Gasteiger partial charge in [-0.1, -0.05) is 47.3 Å². The third kappa shape index (κ3) is 10.9. The van der Waals surface area contributed by atoms with Gasteiger partial charge in [-0.15, -0.1) is 0 Å². The molecule has 0 radical (unpaired) electrons. The molecule has 0 aromatic carbocycles. The molecule has 0 saturated carbocycles. The third-order valence-electron chi connectivity index (χ3n) is 5.10. The van der Waals surface area contributed by atoms with E-state index in [1.54, 1.807) is 0 Å². The molecule has 0 aromatic heterocycles.